The summed E-state index contributed by atoms with van der Waals surface area (Å²) in [4.78, 5) is 72.1. The molecule has 6 atom stereocenters. The molecule has 1 saturated carbocycles. The van der Waals surface area contributed by atoms with Crippen LogP contribution in [0.15, 0.2) is 78.4 Å². The Balaban J connectivity index is 1.14. The summed E-state index contributed by atoms with van der Waals surface area (Å²) in [6.07, 6.45) is 2.23. The van der Waals surface area contributed by atoms with Gasteiger partial charge in [-0.2, -0.15) is 5.10 Å². The number of imide groups is 2. The van der Waals surface area contributed by atoms with Crippen LogP contribution in [0.4, 0.5) is 17.2 Å². The van der Waals surface area contributed by atoms with Crippen molar-refractivity contribution in [2.45, 2.75) is 32.6 Å². The van der Waals surface area contributed by atoms with Crippen LogP contribution in [0, 0.1) is 46.1 Å². The lowest BCUT2D eigenvalue weighted by atomic mass is 9.51. The average Bonchev–Trinajstić information content (AvgIpc) is 3.82. The predicted octanol–water partition coefficient (Wildman–Crippen LogP) is 7.97. The SMILES string of the molecule is Cc1c(-c2cc(N3C(=O)C4CC5C(=CCC6C(=O)N(c7ccc([N+](=O)[O-])cc7)C(=O)C65)C(c5ccc(O)cc5Cl)C4(C)C3=O)n(C)n2)sc2ccc(Cl)cc12. The van der Waals surface area contributed by atoms with Crippen molar-refractivity contribution in [3.8, 4) is 16.3 Å². The van der Waals surface area contributed by atoms with Crippen molar-refractivity contribution in [3.05, 3.63) is 110 Å². The van der Waals surface area contributed by atoms with E-state index in [2.05, 4.69) is 0 Å². The van der Waals surface area contributed by atoms with Gasteiger partial charge in [0.1, 0.15) is 17.3 Å². The van der Waals surface area contributed by atoms with Gasteiger partial charge in [-0.1, -0.05) is 40.9 Å². The number of carbonyl (C=O) groups excluding carboxylic acids is 4. The van der Waals surface area contributed by atoms with Crippen molar-refractivity contribution in [3.63, 3.8) is 0 Å². The number of hydrogen-bond acceptors (Lipinski definition) is 9. The molecular weight excluding hydrogens is 765 g/mol. The molecular formula is C40H31Cl2N5O7S. The largest absolute Gasteiger partial charge is 0.508 e. The fourth-order valence-electron chi connectivity index (χ4n) is 9.52. The average molecular weight is 797 g/mol. The van der Waals surface area contributed by atoms with E-state index in [0.29, 0.717) is 16.3 Å². The molecule has 1 N–H and O–H groups in total. The summed E-state index contributed by atoms with van der Waals surface area (Å²) in [6.45, 7) is 3.74. The number of thiophene rings is 1. The second-order valence-corrected chi connectivity index (χ2v) is 16.8. The molecule has 4 aliphatic rings. The first kappa shape index (κ1) is 35.3. The first-order valence-electron chi connectivity index (χ1n) is 17.6. The van der Waals surface area contributed by atoms with Crippen LogP contribution in [-0.2, 0) is 26.2 Å². The van der Waals surface area contributed by atoms with Gasteiger partial charge in [0.2, 0.25) is 23.6 Å². The van der Waals surface area contributed by atoms with E-state index >= 15 is 4.79 Å². The number of phenols is 1. The number of aromatic nitrogens is 2. The second kappa shape index (κ2) is 12.3. The lowest BCUT2D eigenvalue weighted by Gasteiger charge is -2.49. The molecule has 4 heterocycles. The lowest BCUT2D eigenvalue weighted by Crippen LogP contribution is -2.49. The van der Waals surface area contributed by atoms with Gasteiger partial charge in [-0.25, -0.2) is 4.90 Å². The van der Waals surface area contributed by atoms with Crippen LogP contribution in [0.3, 0.4) is 0 Å². The van der Waals surface area contributed by atoms with Crippen LogP contribution in [0.25, 0.3) is 20.7 Å². The number of fused-ring (bicyclic) bond motifs is 5. The number of anilines is 2. The third-order valence-corrected chi connectivity index (χ3v) is 14.0. The first-order valence-corrected chi connectivity index (χ1v) is 19.2. The normalized spacial score (nSPS) is 26.1. The summed E-state index contributed by atoms with van der Waals surface area (Å²) in [5.74, 6) is -5.49. The molecule has 0 radical (unpaired) electrons. The number of hydrogen-bond donors (Lipinski definition) is 1. The quantitative estimate of drug-likeness (QED) is 0.0813. The number of nitro groups is 1. The van der Waals surface area contributed by atoms with Crippen LogP contribution in [-0.4, -0.2) is 43.4 Å². The Morgan fingerprint density at radius 2 is 1.69 bits per heavy atom. The minimum absolute atomic E-state index is 0.0764. The van der Waals surface area contributed by atoms with Gasteiger partial charge in [0.25, 0.3) is 5.69 Å². The third-order valence-electron chi connectivity index (χ3n) is 12.1. The van der Waals surface area contributed by atoms with Gasteiger partial charge in [-0.3, -0.25) is 38.9 Å². The number of carbonyl (C=O) groups is 4. The monoisotopic (exact) mass is 795 g/mol. The molecule has 15 heteroatoms. The fourth-order valence-corrected chi connectivity index (χ4v) is 11.1. The number of nitrogens with zero attached hydrogens (tertiary/aromatic N) is 5. The number of phenolic OH excluding ortho intramolecular Hbond substituents is 1. The molecule has 9 rings (SSSR count). The maximum Gasteiger partial charge on any atom is 0.269 e. The van der Waals surface area contributed by atoms with Crippen molar-refractivity contribution in [1.82, 2.24) is 9.78 Å². The van der Waals surface area contributed by atoms with E-state index in [0.717, 1.165) is 31.0 Å². The molecule has 278 valence electrons. The van der Waals surface area contributed by atoms with Gasteiger partial charge in [0.15, 0.2) is 0 Å². The van der Waals surface area contributed by atoms with Gasteiger partial charge in [-0.15, -0.1) is 11.3 Å². The smallest absolute Gasteiger partial charge is 0.269 e. The number of allylic oxidation sites excluding steroid dienone is 2. The summed E-state index contributed by atoms with van der Waals surface area (Å²) in [5.41, 5.74) is 1.47. The van der Waals surface area contributed by atoms with Gasteiger partial charge in [-0.05, 0) is 91.6 Å². The zero-order valence-corrected chi connectivity index (χ0v) is 31.9. The zero-order chi connectivity index (χ0) is 38.8. The molecule has 2 saturated heterocycles. The number of benzene rings is 3. The Kier molecular flexibility index (Phi) is 7.92. The molecule has 12 nitrogen and oxygen atoms in total. The molecule has 2 aliphatic carbocycles. The molecule has 0 spiro atoms. The van der Waals surface area contributed by atoms with Crippen molar-refractivity contribution in [2.75, 3.05) is 9.80 Å². The summed E-state index contributed by atoms with van der Waals surface area (Å²) < 4.78 is 2.54. The van der Waals surface area contributed by atoms with Crippen LogP contribution < -0.4 is 9.80 Å². The lowest BCUT2D eigenvalue weighted by molar-refractivity contribution is -0.384. The van der Waals surface area contributed by atoms with Crippen LogP contribution >= 0.6 is 34.5 Å². The van der Waals surface area contributed by atoms with Gasteiger partial charge in [0.05, 0.1) is 38.7 Å². The Hall–Kier alpha value is -5.37. The topological polar surface area (TPSA) is 156 Å². The number of aromatic hydroxyl groups is 1. The highest BCUT2D eigenvalue weighted by molar-refractivity contribution is 7.22. The molecule has 2 aliphatic heterocycles. The van der Waals surface area contributed by atoms with Crippen LogP contribution in [0.2, 0.25) is 10.0 Å². The number of aryl methyl sites for hydroxylation is 2. The van der Waals surface area contributed by atoms with E-state index in [-0.39, 0.29) is 40.8 Å². The number of non-ortho nitro benzene ring substituents is 1. The van der Waals surface area contributed by atoms with E-state index in [1.165, 1.54) is 57.3 Å². The van der Waals surface area contributed by atoms with Gasteiger partial charge >= 0.3 is 0 Å². The molecule has 2 aromatic heterocycles. The molecule has 3 fully saturated rings. The number of rotatable bonds is 5. The molecule has 0 bridgehead atoms. The minimum atomic E-state index is -1.37. The molecule has 6 unspecified atom stereocenters. The van der Waals surface area contributed by atoms with E-state index in [4.69, 9.17) is 28.3 Å². The van der Waals surface area contributed by atoms with Gasteiger partial charge < -0.3 is 5.11 Å². The van der Waals surface area contributed by atoms with Crippen molar-refractivity contribution in [1.29, 1.82) is 0 Å². The van der Waals surface area contributed by atoms with Crippen molar-refractivity contribution in [2.24, 2.45) is 36.1 Å². The number of amides is 4. The molecule has 4 amide bonds. The maximum absolute atomic E-state index is 15.1. The number of nitro benzene ring substituents is 1. The van der Waals surface area contributed by atoms with E-state index in [1.807, 2.05) is 31.2 Å². The van der Waals surface area contributed by atoms with Crippen LogP contribution in [0.1, 0.15) is 36.8 Å². The van der Waals surface area contributed by atoms with Crippen molar-refractivity contribution >= 4 is 85.4 Å². The fraction of sp³-hybridized carbons (Fsp3) is 0.275. The first-order chi connectivity index (χ1) is 26.2. The molecule has 5 aromatic rings. The van der Waals surface area contributed by atoms with Gasteiger partial charge in [0, 0.05) is 45.9 Å². The number of halogens is 2. The summed E-state index contributed by atoms with van der Waals surface area (Å²) in [5, 5.41) is 28.2. The summed E-state index contributed by atoms with van der Waals surface area (Å²) in [6, 6.07) is 17.2. The molecule has 55 heavy (non-hydrogen) atoms. The highest BCUT2D eigenvalue weighted by atomic mass is 35.5. The van der Waals surface area contributed by atoms with E-state index in [9.17, 15) is 29.6 Å². The summed E-state index contributed by atoms with van der Waals surface area (Å²) in [7, 11) is 1.68. The standard InChI is InChI=1S/C40H31Cl2N5O7S/c1-18-26-14-19(41)4-13-31(26)55-35(18)30-17-32(44(3)43-30)46-37(50)28-16-27-23(34(40(28,2)39(46)52)24-10-9-22(48)15-29(24)42)11-12-25-33(27)38(51)45(36(25)49)20-5-7-21(8-6-20)47(53)54/h4-11,13-15,17,25,27-28,33-34,48H,12,16H2,1-3H3. The Morgan fingerprint density at radius 1 is 0.945 bits per heavy atom. The Labute approximate surface area is 327 Å². The van der Waals surface area contributed by atoms with E-state index < -0.39 is 63.6 Å². The Morgan fingerprint density at radius 3 is 2.40 bits per heavy atom. The predicted molar refractivity (Wildman–Crippen MR) is 207 cm³/mol. The second-order valence-electron chi connectivity index (χ2n) is 14.9. The highest BCUT2D eigenvalue weighted by Gasteiger charge is 2.68. The van der Waals surface area contributed by atoms with Crippen molar-refractivity contribution < 1.29 is 29.2 Å². The zero-order valence-electron chi connectivity index (χ0n) is 29.5. The Bertz CT molecular complexity index is 2600. The third kappa shape index (κ3) is 4.99. The minimum Gasteiger partial charge on any atom is -0.508 e. The summed E-state index contributed by atoms with van der Waals surface area (Å²) >= 11 is 14.7. The van der Waals surface area contributed by atoms with E-state index in [1.54, 1.807) is 26.1 Å². The van der Waals surface area contributed by atoms with Crippen LogP contribution in [0.5, 0.6) is 5.75 Å². The highest BCUT2D eigenvalue weighted by Crippen LogP contribution is 2.64. The maximum atomic E-state index is 15.1. The molecule has 3 aromatic carbocycles.